The number of nitrogens with one attached hydrogen (secondary N) is 1. The van der Waals surface area contributed by atoms with E-state index in [0.717, 1.165) is 30.0 Å². The average Bonchev–Trinajstić information content (AvgIpc) is 2.49. The average molecular weight is 352 g/mol. The molecule has 0 aliphatic heterocycles. The van der Waals surface area contributed by atoms with Crippen molar-refractivity contribution >= 4 is 21.6 Å². The van der Waals surface area contributed by atoms with E-state index in [9.17, 15) is 4.39 Å². The van der Waals surface area contributed by atoms with Gasteiger partial charge < -0.3 is 10.1 Å². The number of rotatable bonds is 6. The Morgan fingerprint density at radius 1 is 1.19 bits per heavy atom. The highest BCUT2D eigenvalue weighted by Gasteiger charge is 2.07. The minimum absolute atomic E-state index is 0.127. The molecule has 21 heavy (non-hydrogen) atoms. The molecule has 2 nitrogen and oxygen atoms in total. The van der Waals surface area contributed by atoms with Crippen molar-refractivity contribution in [2.75, 3.05) is 11.9 Å². The number of benzene rings is 2. The number of hydrogen-bond donors (Lipinski definition) is 1. The standard InChI is InChI=1S/C17H19BrFNO/c1-3-10-21-15-7-4-13(5-8-15)12(2)20-14-6-9-17(19)16(18)11-14/h4-9,11-12,20H,3,10H2,1-2H3. The van der Waals surface area contributed by atoms with Crippen LogP contribution in [0.2, 0.25) is 0 Å². The van der Waals surface area contributed by atoms with E-state index >= 15 is 0 Å². The predicted molar refractivity (Wildman–Crippen MR) is 88.4 cm³/mol. The van der Waals surface area contributed by atoms with E-state index in [2.05, 4.69) is 35.1 Å². The molecule has 0 bridgehead atoms. The normalized spacial score (nSPS) is 12.0. The summed E-state index contributed by atoms with van der Waals surface area (Å²) < 4.78 is 19.2. The predicted octanol–water partition coefficient (Wildman–Crippen LogP) is 5.55. The van der Waals surface area contributed by atoms with Gasteiger partial charge in [0.25, 0.3) is 0 Å². The van der Waals surface area contributed by atoms with Crippen LogP contribution < -0.4 is 10.1 Å². The second-order valence-corrected chi connectivity index (χ2v) is 5.77. The summed E-state index contributed by atoms with van der Waals surface area (Å²) >= 11 is 3.19. The lowest BCUT2D eigenvalue weighted by Crippen LogP contribution is -2.06. The lowest BCUT2D eigenvalue weighted by atomic mass is 10.1. The SMILES string of the molecule is CCCOc1ccc(C(C)Nc2ccc(F)c(Br)c2)cc1. The number of ether oxygens (including phenoxy) is 1. The molecule has 0 amide bonds. The number of hydrogen-bond acceptors (Lipinski definition) is 2. The third-order valence-corrected chi connectivity index (χ3v) is 3.76. The van der Waals surface area contributed by atoms with Crippen LogP contribution in [-0.4, -0.2) is 6.61 Å². The molecule has 0 aliphatic rings. The van der Waals surface area contributed by atoms with Gasteiger partial charge in [0, 0.05) is 11.7 Å². The van der Waals surface area contributed by atoms with Gasteiger partial charge in [-0.1, -0.05) is 19.1 Å². The zero-order chi connectivity index (χ0) is 15.2. The van der Waals surface area contributed by atoms with E-state index in [1.54, 1.807) is 12.1 Å². The first-order valence-electron chi connectivity index (χ1n) is 7.04. The molecule has 0 spiro atoms. The maximum atomic E-state index is 13.2. The maximum Gasteiger partial charge on any atom is 0.137 e. The van der Waals surface area contributed by atoms with Crippen molar-refractivity contribution in [2.24, 2.45) is 0 Å². The molecule has 1 N–H and O–H groups in total. The second-order valence-electron chi connectivity index (χ2n) is 4.91. The van der Waals surface area contributed by atoms with Crippen LogP contribution in [0.25, 0.3) is 0 Å². The van der Waals surface area contributed by atoms with E-state index < -0.39 is 0 Å². The number of halogens is 2. The van der Waals surface area contributed by atoms with Gasteiger partial charge in [0.05, 0.1) is 11.1 Å². The lowest BCUT2D eigenvalue weighted by Gasteiger charge is -2.16. The van der Waals surface area contributed by atoms with E-state index in [-0.39, 0.29) is 11.9 Å². The van der Waals surface area contributed by atoms with Gasteiger partial charge in [-0.3, -0.25) is 0 Å². The molecule has 0 aromatic heterocycles. The van der Waals surface area contributed by atoms with Crippen molar-refractivity contribution < 1.29 is 9.13 Å². The van der Waals surface area contributed by atoms with Crippen LogP contribution in [0.15, 0.2) is 46.9 Å². The van der Waals surface area contributed by atoms with E-state index in [4.69, 9.17) is 4.74 Å². The van der Waals surface area contributed by atoms with Crippen LogP contribution in [0.1, 0.15) is 31.9 Å². The molecule has 0 radical (unpaired) electrons. The molecule has 0 fully saturated rings. The molecular formula is C17H19BrFNO. The van der Waals surface area contributed by atoms with Crippen LogP contribution in [0.4, 0.5) is 10.1 Å². The summed E-state index contributed by atoms with van der Waals surface area (Å²) in [6, 6.07) is 13.1. The summed E-state index contributed by atoms with van der Waals surface area (Å²) in [5.41, 5.74) is 2.03. The van der Waals surface area contributed by atoms with Crippen molar-refractivity contribution in [3.8, 4) is 5.75 Å². The highest BCUT2D eigenvalue weighted by molar-refractivity contribution is 9.10. The van der Waals surface area contributed by atoms with Gasteiger partial charge in [-0.05, 0) is 65.2 Å². The zero-order valence-electron chi connectivity index (χ0n) is 12.2. The summed E-state index contributed by atoms with van der Waals surface area (Å²) in [6.07, 6.45) is 0.999. The number of anilines is 1. The minimum atomic E-state index is -0.259. The van der Waals surface area contributed by atoms with Crippen LogP contribution in [0, 0.1) is 5.82 Å². The first-order valence-corrected chi connectivity index (χ1v) is 7.83. The van der Waals surface area contributed by atoms with Crippen LogP contribution >= 0.6 is 15.9 Å². The van der Waals surface area contributed by atoms with Gasteiger partial charge >= 0.3 is 0 Å². The Morgan fingerprint density at radius 2 is 1.90 bits per heavy atom. The summed E-state index contributed by atoms with van der Waals surface area (Å²) in [4.78, 5) is 0. The summed E-state index contributed by atoms with van der Waals surface area (Å²) in [6.45, 7) is 4.89. The molecule has 2 rings (SSSR count). The third-order valence-electron chi connectivity index (χ3n) is 3.16. The fourth-order valence-electron chi connectivity index (χ4n) is 1.99. The van der Waals surface area contributed by atoms with Crippen molar-refractivity contribution in [3.63, 3.8) is 0 Å². The fraction of sp³-hybridized carbons (Fsp3) is 0.294. The fourth-order valence-corrected chi connectivity index (χ4v) is 2.37. The molecule has 2 aromatic rings. The molecule has 0 saturated carbocycles. The second kappa shape index (κ2) is 7.46. The molecular weight excluding hydrogens is 333 g/mol. The molecule has 112 valence electrons. The third kappa shape index (κ3) is 4.46. The smallest absolute Gasteiger partial charge is 0.137 e. The van der Waals surface area contributed by atoms with Crippen LogP contribution in [0.3, 0.4) is 0 Å². The van der Waals surface area contributed by atoms with Crippen LogP contribution in [0.5, 0.6) is 5.75 Å². The summed E-state index contributed by atoms with van der Waals surface area (Å²) in [7, 11) is 0. The largest absolute Gasteiger partial charge is 0.494 e. The molecule has 0 saturated heterocycles. The van der Waals surface area contributed by atoms with Crippen molar-refractivity contribution in [1.29, 1.82) is 0 Å². The summed E-state index contributed by atoms with van der Waals surface area (Å²) in [5.74, 6) is 0.628. The Morgan fingerprint density at radius 3 is 2.52 bits per heavy atom. The molecule has 1 atom stereocenters. The van der Waals surface area contributed by atoms with Gasteiger partial charge in [-0.25, -0.2) is 4.39 Å². The van der Waals surface area contributed by atoms with Gasteiger partial charge in [-0.2, -0.15) is 0 Å². The Bertz CT molecular complexity index is 586. The Labute approximate surface area is 133 Å². The van der Waals surface area contributed by atoms with Gasteiger partial charge in [-0.15, -0.1) is 0 Å². The Balaban J connectivity index is 2.02. The Hall–Kier alpha value is -1.55. The first-order chi connectivity index (χ1) is 10.1. The topological polar surface area (TPSA) is 21.3 Å². The van der Waals surface area contributed by atoms with Gasteiger partial charge in [0.1, 0.15) is 11.6 Å². The molecule has 4 heteroatoms. The first kappa shape index (κ1) is 15.8. The maximum absolute atomic E-state index is 13.2. The van der Waals surface area contributed by atoms with Gasteiger partial charge in [0.2, 0.25) is 0 Å². The monoisotopic (exact) mass is 351 g/mol. The molecule has 0 aliphatic carbocycles. The van der Waals surface area contributed by atoms with E-state index in [0.29, 0.717) is 4.47 Å². The van der Waals surface area contributed by atoms with Crippen molar-refractivity contribution in [1.82, 2.24) is 0 Å². The van der Waals surface area contributed by atoms with Crippen molar-refractivity contribution in [2.45, 2.75) is 26.3 Å². The zero-order valence-corrected chi connectivity index (χ0v) is 13.8. The quantitative estimate of drug-likeness (QED) is 0.736. The highest BCUT2D eigenvalue weighted by atomic mass is 79.9. The van der Waals surface area contributed by atoms with Gasteiger partial charge in [0.15, 0.2) is 0 Å². The molecule has 1 unspecified atom stereocenters. The van der Waals surface area contributed by atoms with E-state index in [1.807, 2.05) is 24.3 Å². The molecule has 0 heterocycles. The van der Waals surface area contributed by atoms with E-state index in [1.165, 1.54) is 6.07 Å². The summed E-state index contributed by atoms with van der Waals surface area (Å²) in [5, 5.41) is 3.35. The van der Waals surface area contributed by atoms with Crippen LogP contribution in [-0.2, 0) is 0 Å². The Kier molecular flexibility index (Phi) is 5.62. The highest BCUT2D eigenvalue weighted by Crippen LogP contribution is 2.25. The van der Waals surface area contributed by atoms with Crippen molar-refractivity contribution in [3.05, 3.63) is 58.3 Å². The molecule has 2 aromatic carbocycles. The lowest BCUT2D eigenvalue weighted by molar-refractivity contribution is 0.317. The minimum Gasteiger partial charge on any atom is -0.494 e.